The zero-order valence-electron chi connectivity index (χ0n) is 30.8. The first-order valence-electron chi connectivity index (χ1n) is 17.6. The van der Waals surface area contributed by atoms with Gasteiger partial charge in [0.05, 0.1) is 24.9 Å². The van der Waals surface area contributed by atoms with Gasteiger partial charge in [0.1, 0.15) is 73.7 Å². The molecule has 0 bridgehead atoms. The summed E-state index contributed by atoms with van der Waals surface area (Å²) in [4.78, 5) is 60.6. The molecule has 56 heavy (non-hydrogen) atoms. The first-order valence-corrected chi connectivity index (χ1v) is 17.6. The Morgan fingerprint density at radius 3 is 1.57 bits per heavy atom. The van der Waals surface area contributed by atoms with Crippen molar-refractivity contribution in [1.29, 1.82) is 0 Å². The van der Waals surface area contributed by atoms with Gasteiger partial charge in [0.25, 0.3) is 0 Å². The Balaban J connectivity index is 1.66. The second kappa shape index (κ2) is 19.0. The Hall–Kier alpha value is -3.21. The fraction of sp³-hybridized carbons (Fsp3) is 0.844. The van der Waals surface area contributed by atoms with Crippen molar-refractivity contribution >= 4 is 29.7 Å². The van der Waals surface area contributed by atoms with Gasteiger partial charge in [-0.3, -0.25) is 14.4 Å². The summed E-state index contributed by atoms with van der Waals surface area (Å²) in [6.07, 6.45) is -30.9. The second-order valence-corrected chi connectivity index (χ2v) is 14.0. The van der Waals surface area contributed by atoms with Gasteiger partial charge in [-0.2, -0.15) is 0 Å². The molecule has 10 unspecified atom stereocenters. The Bertz CT molecular complexity index is 1410. The van der Waals surface area contributed by atoms with Crippen LogP contribution in [0.25, 0.3) is 0 Å². The number of aliphatic hydroxyl groups is 7. The molecule has 24 nitrogen and oxygen atoms in total. The van der Waals surface area contributed by atoms with E-state index in [1.807, 2.05) is 0 Å². The monoisotopic (exact) mass is 814 g/mol. The van der Waals surface area contributed by atoms with Crippen molar-refractivity contribution in [3.05, 3.63) is 0 Å². The fourth-order valence-corrected chi connectivity index (χ4v) is 6.96. The molecular formula is C32H50N2O22. The molecule has 0 aromatic rings. The van der Waals surface area contributed by atoms with Gasteiger partial charge in [0.15, 0.2) is 31.1 Å². The summed E-state index contributed by atoms with van der Waals surface area (Å²) < 4.78 is 44.7. The number of aliphatic carboxylic acids is 2. The van der Waals surface area contributed by atoms with Crippen LogP contribution in [0.15, 0.2) is 0 Å². The summed E-state index contributed by atoms with van der Waals surface area (Å²) in [6.45, 7) is 4.51. The molecule has 4 aliphatic heterocycles. The molecule has 0 aromatic heterocycles. The highest BCUT2D eigenvalue weighted by Crippen LogP contribution is 2.35. The lowest BCUT2D eigenvalue weighted by molar-refractivity contribution is -0.365. The van der Waals surface area contributed by atoms with Crippen molar-refractivity contribution in [3.8, 4) is 0 Å². The predicted octanol–water partition coefficient (Wildman–Crippen LogP) is -6.36. The predicted molar refractivity (Wildman–Crippen MR) is 174 cm³/mol. The minimum absolute atomic E-state index is 0.590. The van der Waals surface area contributed by atoms with Crippen LogP contribution in [-0.2, 0) is 61.9 Å². The van der Waals surface area contributed by atoms with Crippen LogP contribution >= 0.6 is 0 Å². The summed E-state index contributed by atoms with van der Waals surface area (Å²) in [5, 5.41) is 101. The number of amides is 2. The fourth-order valence-electron chi connectivity index (χ4n) is 6.96. The molecular weight excluding hydrogens is 764 g/mol. The minimum atomic E-state index is -2.24. The van der Waals surface area contributed by atoms with Crippen LogP contribution in [-0.4, -0.2) is 205 Å². The molecule has 4 rings (SSSR count). The quantitative estimate of drug-likeness (QED) is 0.0770. The van der Waals surface area contributed by atoms with Crippen molar-refractivity contribution in [2.45, 2.75) is 151 Å². The van der Waals surface area contributed by atoms with Crippen molar-refractivity contribution < 1.29 is 108 Å². The van der Waals surface area contributed by atoms with Gasteiger partial charge in [-0.05, 0) is 6.92 Å². The van der Waals surface area contributed by atoms with Crippen molar-refractivity contribution in [3.63, 3.8) is 0 Å². The Kier molecular flexibility index (Phi) is 15.5. The summed E-state index contributed by atoms with van der Waals surface area (Å²) in [5.41, 5.74) is 0. The molecule has 0 saturated carbocycles. The van der Waals surface area contributed by atoms with E-state index in [1.54, 1.807) is 0 Å². The number of carboxylic acids is 2. The first kappa shape index (κ1) is 45.5. The van der Waals surface area contributed by atoms with Gasteiger partial charge in [0, 0.05) is 26.7 Å². The van der Waals surface area contributed by atoms with Crippen molar-refractivity contribution in [1.82, 2.24) is 10.6 Å². The highest BCUT2D eigenvalue weighted by molar-refractivity contribution is 5.74. The molecule has 20 atom stereocenters. The SMILES string of the molecule is CC(=O)NC1C(C)OC(CO)[C@@H](O)[C@@H]1O[C@@H]1OC(C(=O)O)[C@@H](O[C@@H]2OC(COC(C)=O)[C@@H](O)[C@H](O[C@@H]3OC(C(=O)O)C(C)[C@H](O)C3O)C2NC(C)=O)[C@H](O)C1O. The van der Waals surface area contributed by atoms with Crippen LogP contribution in [0.1, 0.15) is 34.6 Å². The zero-order valence-corrected chi connectivity index (χ0v) is 30.8. The van der Waals surface area contributed by atoms with Gasteiger partial charge in [-0.1, -0.05) is 6.92 Å². The molecule has 11 N–H and O–H groups in total. The van der Waals surface area contributed by atoms with E-state index in [2.05, 4.69) is 10.6 Å². The maximum Gasteiger partial charge on any atom is 0.335 e. The summed E-state index contributed by atoms with van der Waals surface area (Å²) in [5.74, 6) is -6.77. The third-order valence-corrected chi connectivity index (χ3v) is 9.84. The lowest BCUT2D eigenvalue weighted by Crippen LogP contribution is -2.70. The Morgan fingerprint density at radius 2 is 1.05 bits per heavy atom. The number of carboxylic acid groups (broad SMARTS) is 2. The molecule has 0 spiro atoms. The van der Waals surface area contributed by atoms with E-state index in [4.69, 9.17) is 37.9 Å². The van der Waals surface area contributed by atoms with E-state index in [1.165, 1.54) is 13.8 Å². The Morgan fingerprint density at radius 1 is 0.571 bits per heavy atom. The molecule has 24 heteroatoms. The van der Waals surface area contributed by atoms with E-state index >= 15 is 0 Å². The number of hydrogen-bond acceptors (Lipinski definition) is 20. The number of hydrogen-bond donors (Lipinski definition) is 11. The number of esters is 1. The Labute approximate surface area is 318 Å². The van der Waals surface area contributed by atoms with E-state index in [9.17, 15) is 69.9 Å². The number of carbonyl (C=O) groups is 5. The van der Waals surface area contributed by atoms with Crippen molar-refractivity contribution in [2.24, 2.45) is 5.92 Å². The molecule has 4 fully saturated rings. The topological polar surface area (TPSA) is 365 Å². The molecule has 4 saturated heterocycles. The van der Waals surface area contributed by atoms with Gasteiger partial charge in [-0.25, -0.2) is 9.59 Å². The van der Waals surface area contributed by atoms with Crippen LogP contribution < -0.4 is 10.6 Å². The number of rotatable bonds is 13. The van der Waals surface area contributed by atoms with E-state index in [0.29, 0.717) is 0 Å². The third kappa shape index (κ3) is 10.1. The number of nitrogens with one attached hydrogen (secondary N) is 2. The maximum absolute atomic E-state index is 12.6. The highest BCUT2D eigenvalue weighted by atomic mass is 16.8. The number of aliphatic hydroxyl groups excluding tert-OH is 7. The minimum Gasteiger partial charge on any atom is -0.479 e. The number of ether oxygens (including phenoxy) is 8. The molecule has 4 aliphatic rings. The number of carbonyl (C=O) groups excluding carboxylic acids is 3. The molecule has 0 radical (unpaired) electrons. The van der Waals surface area contributed by atoms with Crippen LogP contribution in [0.5, 0.6) is 0 Å². The van der Waals surface area contributed by atoms with Crippen LogP contribution in [0.2, 0.25) is 0 Å². The lowest BCUT2D eigenvalue weighted by atomic mass is 9.90. The second-order valence-electron chi connectivity index (χ2n) is 14.0. The first-order chi connectivity index (χ1) is 26.2. The standard InChI is InChI=1S/C32H50N2O22/c1-8-17(39)21(43)31(52-23(8)28(45)46)54-25-16(34-11(4)37)30(51-14(19(25)41)7-49-12(5)38)55-26-20(42)22(44)32(56-27(26)29(47)48)53-24-15(33-10(3)36)9(2)50-13(6-35)18(24)40/h8-9,13-27,30-32,35,39-44H,6-7H2,1-5H3,(H,33,36)(H,34,37)(H,45,46)(H,47,48)/t8?,9?,13?,14?,15?,16?,17-,18+,19+,20+,21?,22?,23?,24+,25+,26-,27?,30-,31-,32+/m0/s1. The summed E-state index contributed by atoms with van der Waals surface area (Å²) in [6, 6.07) is -2.88. The van der Waals surface area contributed by atoms with E-state index in [0.717, 1.165) is 20.8 Å². The molecule has 320 valence electrons. The van der Waals surface area contributed by atoms with Crippen LogP contribution in [0.3, 0.4) is 0 Å². The van der Waals surface area contributed by atoms with Crippen molar-refractivity contribution in [2.75, 3.05) is 13.2 Å². The summed E-state index contributed by atoms with van der Waals surface area (Å²) >= 11 is 0. The maximum atomic E-state index is 12.6. The molecule has 0 aliphatic carbocycles. The van der Waals surface area contributed by atoms with Gasteiger partial charge < -0.3 is 94.5 Å². The smallest absolute Gasteiger partial charge is 0.335 e. The highest BCUT2D eigenvalue weighted by Gasteiger charge is 2.57. The third-order valence-electron chi connectivity index (χ3n) is 9.84. The normalized spacial score (nSPS) is 44.3. The van der Waals surface area contributed by atoms with Gasteiger partial charge in [0.2, 0.25) is 11.8 Å². The van der Waals surface area contributed by atoms with E-state index in [-0.39, 0.29) is 0 Å². The van der Waals surface area contributed by atoms with E-state index < -0.39 is 165 Å². The van der Waals surface area contributed by atoms with Crippen LogP contribution in [0.4, 0.5) is 0 Å². The van der Waals surface area contributed by atoms with Gasteiger partial charge in [-0.15, -0.1) is 0 Å². The average Bonchev–Trinajstić information content (AvgIpc) is 3.11. The van der Waals surface area contributed by atoms with Gasteiger partial charge >= 0.3 is 17.9 Å². The average molecular weight is 815 g/mol. The zero-order chi connectivity index (χ0) is 41.9. The van der Waals surface area contributed by atoms with Crippen LogP contribution in [0, 0.1) is 5.92 Å². The molecule has 2 amide bonds. The largest absolute Gasteiger partial charge is 0.479 e. The molecule has 0 aromatic carbocycles. The summed E-state index contributed by atoms with van der Waals surface area (Å²) in [7, 11) is 0. The molecule has 4 heterocycles. The lowest BCUT2D eigenvalue weighted by Gasteiger charge is -2.50.